The van der Waals surface area contributed by atoms with Crippen molar-refractivity contribution >= 4 is 5.78 Å². The van der Waals surface area contributed by atoms with Crippen LogP contribution in [-0.4, -0.2) is 17.9 Å². The maximum atomic E-state index is 11.4. The number of carbonyl (C=O) groups is 1. The Labute approximate surface area is 99.2 Å². The van der Waals surface area contributed by atoms with E-state index in [1.54, 1.807) is 6.92 Å². The van der Waals surface area contributed by atoms with Crippen molar-refractivity contribution in [2.45, 2.75) is 65.5 Å². The predicted molar refractivity (Wildman–Crippen MR) is 66.3 cm³/mol. The normalized spacial score (nSPS) is 38.8. The van der Waals surface area contributed by atoms with Crippen LogP contribution >= 0.6 is 0 Å². The molecule has 2 rings (SSSR count). The van der Waals surface area contributed by atoms with Crippen molar-refractivity contribution in [3.8, 4) is 0 Å². The summed E-state index contributed by atoms with van der Waals surface area (Å²) in [5.74, 6) is 1.62. The maximum absolute atomic E-state index is 11.4. The number of rotatable bonds is 2. The van der Waals surface area contributed by atoms with Gasteiger partial charge in [0.15, 0.2) is 0 Å². The predicted octanol–water partition coefficient (Wildman–Crippen LogP) is 2.77. The van der Waals surface area contributed by atoms with Crippen molar-refractivity contribution in [3.63, 3.8) is 0 Å². The van der Waals surface area contributed by atoms with Gasteiger partial charge in [-0.05, 0) is 43.4 Å². The first-order valence-corrected chi connectivity index (χ1v) is 6.63. The molecule has 1 N–H and O–H groups in total. The van der Waals surface area contributed by atoms with Crippen LogP contribution in [0.1, 0.15) is 53.4 Å². The highest BCUT2D eigenvalue weighted by atomic mass is 16.1. The number of fused-ring (bicyclic) bond motifs is 2. The molecule has 2 nitrogen and oxygen atoms in total. The molecule has 0 aromatic rings. The van der Waals surface area contributed by atoms with Crippen molar-refractivity contribution in [1.82, 2.24) is 5.32 Å². The lowest BCUT2D eigenvalue weighted by Crippen LogP contribution is -2.49. The van der Waals surface area contributed by atoms with Gasteiger partial charge in [0.1, 0.15) is 5.78 Å². The molecule has 16 heavy (non-hydrogen) atoms. The SMILES string of the molecule is CC(=O)CC1C2CCC(CC1C(C)(C)C)N2. The lowest BCUT2D eigenvalue weighted by atomic mass is 9.66. The van der Waals surface area contributed by atoms with Crippen molar-refractivity contribution < 1.29 is 4.79 Å². The van der Waals surface area contributed by atoms with E-state index in [1.165, 1.54) is 19.3 Å². The first-order valence-electron chi connectivity index (χ1n) is 6.63. The molecule has 4 unspecified atom stereocenters. The summed E-state index contributed by atoms with van der Waals surface area (Å²) in [7, 11) is 0. The molecule has 0 aliphatic carbocycles. The smallest absolute Gasteiger partial charge is 0.130 e. The van der Waals surface area contributed by atoms with Gasteiger partial charge in [0.2, 0.25) is 0 Å². The molecule has 0 saturated carbocycles. The third-order valence-electron chi connectivity index (χ3n) is 4.48. The van der Waals surface area contributed by atoms with Crippen LogP contribution < -0.4 is 5.32 Å². The Hall–Kier alpha value is -0.370. The van der Waals surface area contributed by atoms with Crippen LogP contribution in [0.25, 0.3) is 0 Å². The Bertz CT molecular complexity index is 279. The summed E-state index contributed by atoms with van der Waals surface area (Å²) in [4.78, 5) is 11.4. The van der Waals surface area contributed by atoms with Crippen LogP contribution in [0.15, 0.2) is 0 Å². The van der Waals surface area contributed by atoms with E-state index in [-0.39, 0.29) is 0 Å². The fourth-order valence-corrected chi connectivity index (χ4v) is 3.75. The van der Waals surface area contributed by atoms with Gasteiger partial charge in [0.25, 0.3) is 0 Å². The van der Waals surface area contributed by atoms with E-state index in [0.29, 0.717) is 29.1 Å². The van der Waals surface area contributed by atoms with E-state index in [0.717, 1.165) is 12.5 Å². The summed E-state index contributed by atoms with van der Waals surface area (Å²) in [6.45, 7) is 8.72. The van der Waals surface area contributed by atoms with Gasteiger partial charge in [-0.25, -0.2) is 0 Å². The summed E-state index contributed by atoms with van der Waals surface area (Å²) in [5.41, 5.74) is 0.336. The molecule has 0 aromatic heterocycles. The molecule has 2 aliphatic heterocycles. The third-order valence-corrected chi connectivity index (χ3v) is 4.48. The zero-order valence-corrected chi connectivity index (χ0v) is 11.0. The Kier molecular flexibility index (Phi) is 3.13. The van der Waals surface area contributed by atoms with Crippen LogP contribution in [0.2, 0.25) is 0 Å². The highest BCUT2D eigenvalue weighted by Crippen LogP contribution is 2.45. The number of Topliss-reactive ketones (excluding diaryl/α,β-unsaturated/α-hetero) is 1. The summed E-state index contributed by atoms with van der Waals surface area (Å²) in [6, 6.07) is 1.32. The summed E-state index contributed by atoms with van der Waals surface area (Å²) in [5, 5.41) is 3.70. The summed E-state index contributed by atoms with van der Waals surface area (Å²) in [6.07, 6.45) is 4.62. The number of ketones is 1. The Morgan fingerprint density at radius 1 is 1.31 bits per heavy atom. The second-order valence-electron chi connectivity index (χ2n) is 6.83. The van der Waals surface area contributed by atoms with Gasteiger partial charge >= 0.3 is 0 Å². The second kappa shape index (κ2) is 4.14. The molecule has 2 heteroatoms. The van der Waals surface area contributed by atoms with Crippen LogP contribution in [-0.2, 0) is 4.79 Å². The minimum Gasteiger partial charge on any atom is -0.311 e. The van der Waals surface area contributed by atoms with Gasteiger partial charge in [-0.3, -0.25) is 0 Å². The average Bonchev–Trinajstić information content (AvgIpc) is 2.51. The highest BCUT2D eigenvalue weighted by Gasteiger charge is 2.45. The molecule has 2 aliphatic rings. The Morgan fingerprint density at radius 3 is 2.56 bits per heavy atom. The standard InChI is InChI=1S/C14H25NO/c1-9(16)7-11-12(14(2,3)4)8-10-5-6-13(11)15-10/h10-13,15H,5-8H2,1-4H3. The van der Waals surface area contributed by atoms with Crippen LogP contribution in [0.3, 0.4) is 0 Å². The van der Waals surface area contributed by atoms with E-state index in [4.69, 9.17) is 0 Å². The number of nitrogens with one attached hydrogen (secondary N) is 1. The molecule has 92 valence electrons. The van der Waals surface area contributed by atoms with Gasteiger partial charge < -0.3 is 10.1 Å². The second-order valence-corrected chi connectivity index (χ2v) is 6.83. The Balaban J connectivity index is 2.17. The molecule has 0 spiro atoms. The number of hydrogen-bond acceptors (Lipinski definition) is 2. The minimum absolute atomic E-state index is 0.336. The molecular weight excluding hydrogens is 198 g/mol. The molecule has 2 heterocycles. The molecule has 2 fully saturated rings. The van der Waals surface area contributed by atoms with Gasteiger partial charge in [-0.15, -0.1) is 0 Å². The van der Waals surface area contributed by atoms with Crippen molar-refractivity contribution in [1.29, 1.82) is 0 Å². The first kappa shape index (κ1) is 12.1. The molecule has 0 aromatic carbocycles. The quantitative estimate of drug-likeness (QED) is 0.780. The fourth-order valence-electron chi connectivity index (χ4n) is 3.75. The van der Waals surface area contributed by atoms with E-state index in [9.17, 15) is 4.79 Å². The monoisotopic (exact) mass is 223 g/mol. The largest absolute Gasteiger partial charge is 0.311 e. The van der Waals surface area contributed by atoms with Gasteiger partial charge in [-0.2, -0.15) is 0 Å². The van der Waals surface area contributed by atoms with Gasteiger partial charge in [-0.1, -0.05) is 20.8 Å². The molecule has 0 amide bonds. The molecule has 4 atom stereocenters. The van der Waals surface area contributed by atoms with Crippen LogP contribution in [0, 0.1) is 17.3 Å². The molecular formula is C14H25NO. The lowest BCUT2D eigenvalue weighted by molar-refractivity contribution is -0.119. The minimum atomic E-state index is 0.336. The van der Waals surface area contributed by atoms with E-state index >= 15 is 0 Å². The third kappa shape index (κ3) is 2.32. The maximum Gasteiger partial charge on any atom is 0.130 e. The Morgan fingerprint density at radius 2 is 2.00 bits per heavy atom. The van der Waals surface area contributed by atoms with Gasteiger partial charge in [0, 0.05) is 18.5 Å². The van der Waals surface area contributed by atoms with Crippen LogP contribution in [0.4, 0.5) is 0 Å². The zero-order chi connectivity index (χ0) is 11.9. The zero-order valence-electron chi connectivity index (χ0n) is 11.0. The summed E-state index contributed by atoms with van der Waals surface area (Å²) >= 11 is 0. The molecule has 2 saturated heterocycles. The fraction of sp³-hybridized carbons (Fsp3) is 0.929. The average molecular weight is 223 g/mol. The molecule has 2 bridgehead atoms. The van der Waals surface area contributed by atoms with E-state index in [2.05, 4.69) is 26.1 Å². The van der Waals surface area contributed by atoms with Crippen LogP contribution in [0.5, 0.6) is 0 Å². The number of piperidine rings is 1. The topological polar surface area (TPSA) is 29.1 Å². The molecule has 0 radical (unpaired) electrons. The van der Waals surface area contributed by atoms with Crippen molar-refractivity contribution in [2.75, 3.05) is 0 Å². The number of carbonyl (C=O) groups excluding carboxylic acids is 1. The summed E-state index contributed by atoms with van der Waals surface area (Å²) < 4.78 is 0. The van der Waals surface area contributed by atoms with Crippen molar-refractivity contribution in [3.05, 3.63) is 0 Å². The highest BCUT2D eigenvalue weighted by molar-refractivity contribution is 5.75. The van der Waals surface area contributed by atoms with Crippen molar-refractivity contribution in [2.24, 2.45) is 17.3 Å². The lowest BCUT2D eigenvalue weighted by Gasteiger charge is -2.44. The van der Waals surface area contributed by atoms with E-state index < -0.39 is 0 Å². The number of hydrogen-bond donors (Lipinski definition) is 1. The first-order chi connectivity index (χ1) is 7.38. The van der Waals surface area contributed by atoms with Gasteiger partial charge in [0.05, 0.1) is 0 Å². The van der Waals surface area contributed by atoms with E-state index in [1.807, 2.05) is 0 Å².